The van der Waals surface area contributed by atoms with E-state index in [2.05, 4.69) is 5.32 Å². The van der Waals surface area contributed by atoms with Gasteiger partial charge in [-0.25, -0.2) is 0 Å². The molecule has 1 N–H and O–H groups in total. The maximum Gasteiger partial charge on any atom is 0.258 e. The predicted octanol–water partition coefficient (Wildman–Crippen LogP) is 2.57. The van der Waals surface area contributed by atoms with E-state index in [-0.39, 0.29) is 18.4 Å². The molecule has 1 aliphatic heterocycles. The van der Waals surface area contributed by atoms with Crippen LogP contribution < -0.4 is 15.0 Å². The number of amides is 2. The second-order valence-electron chi connectivity index (χ2n) is 5.29. The zero-order valence-corrected chi connectivity index (χ0v) is 13.5. The third-order valence-electron chi connectivity index (χ3n) is 3.63. The zero-order valence-electron chi connectivity index (χ0n) is 12.7. The molecule has 1 aromatic heterocycles. The summed E-state index contributed by atoms with van der Waals surface area (Å²) in [5.41, 5.74) is 0.877. The minimum atomic E-state index is -0.155. The summed E-state index contributed by atoms with van der Waals surface area (Å²) in [7, 11) is 0. The predicted molar refractivity (Wildman–Crippen MR) is 89.7 cm³/mol. The Bertz CT molecular complexity index is 668. The first-order chi connectivity index (χ1) is 11.2. The van der Waals surface area contributed by atoms with Crippen LogP contribution in [-0.4, -0.2) is 25.0 Å². The standard InChI is InChI=1S/C17H18N2O3S/c20-16(18-11-15-3-2-10-23-15)12-22-14-7-5-13(6-8-14)19-9-1-4-17(19)21/h2-3,5-8,10H,1,4,9,11-12H2,(H,18,20). The third kappa shape index (κ3) is 4.10. The van der Waals surface area contributed by atoms with Gasteiger partial charge in [-0.2, -0.15) is 0 Å². The third-order valence-corrected chi connectivity index (χ3v) is 4.51. The van der Waals surface area contributed by atoms with Crippen LogP contribution in [0, 0.1) is 0 Å². The number of carbonyl (C=O) groups is 2. The van der Waals surface area contributed by atoms with Crippen LogP contribution in [0.1, 0.15) is 17.7 Å². The van der Waals surface area contributed by atoms with Crippen molar-refractivity contribution in [2.75, 3.05) is 18.1 Å². The first kappa shape index (κ1) is 15.6. The molecule has 1 fully saturated rings. The fourth-order valence-corrected chi connectivity index (χ4v) is 3.09. The SMILES string of the molecule is O=C(COc1ccc(N2CCCC2=O)cc1)NCc1cccs1. The Morgan fingerprint density at radius 2 is 2.09 bits per heavy atom. The van der Waals surface area contributed by atoms with Crippen LogP contribution in [0.5, 0.6) is 5.75 Å². The van der Waals surface area contributed by atoms with Gasteiger partial charge >= 0.3 is 0 Å². The molecule has 120 valence electrons. The summed E-state index contributed by atoms with van der Waals surface area (Å²) in [5.74, 6) is 0.621. The Morgan fingerprint density at radius 1 is 1.26 bits per heavy atom. The number of benzene rings is 1. The van der Waals surface area contributed by atoms with Gasteiger partial charge < -0.3 is 15.0 Å². The summed E-state index contributed by atoms with van der Waals surface area (Å²) in [5, 5.41) is 4.79. The van der Waals surface area contributed by atoms with Gasteiger partial charge in [-0.15, -0.1) is 11.3 Å². The van der Waals surface area contributed by atoms with E-state index < -0.39 is 0 Å². The summed E-state index contributed by atoms with van der Waals surface area (Å²) in [4.78, 5) is 26.3. The molecule has 0 aliphatic carbocycles. The van der Waals surface area contributed by atoms with Gasteiger partial charge in [0.2, 0.25) is 5.91 Å². The van der Waals surface area contributed by atoms with E-state index in [1.807, 2.05) is 29.6 Å². The maximum atomic E-state index is 11.7. The molecule has 3 rings (SSSR count). The van der Waals surface area contributed by atoms with Crippen LogP contribution in [0.2, 0.25) is 0 Å². The quantitative estimate of drug-likeness (QED) is 0.885. The zero-order chi connectivity index (χ0) is 16.1. The van der Waals surface area contributed by atoms with E-state index in [1.165, 1.54) is 0 Å². The molecule has 0 radical (unpaired) electrons. The van der Waals surface area contributed by atoms with Crippen molar-refractivity contribution in [2.24, 2.45) is 0 Å². The lowest BCUT2D eigenvalue weighted by Gasteiger charge is -2.16. The van der Waals surface area contributed by atoms with Crippen molar-refractivity contribution in [3.63, 3.8) is 0 Å². The number of hydrogen-bond acceptors (Lipinski definition) is 4. The highest BCUT2D eigenvalue weighted by atomic mass is 32.1. The minimum absolute atomic E-state index is 0.0205. The van der Waals surface area contributed by atoms with Crippen molar-refractivity contribution in [2.45, 2.75) is 19.4 Å². The van der Waals surface area contributed by atoms with Gasteiger partial charge in [0.1, 0.15) is 5.75 Å². The molecule has 0 atom stereocenters. The fraction of sp³-hybridized carbons (Fsp3) is 0.294. The van der Waals surface area contributed by atoms with Crippen molar-refractivity contribution in [1.82, 2.24) is 5.32 Å². The van der Waals surface area contributed by atoms with Crippen molar-refractivity contribution in [1.29, 1.82) is 0 Å². The molecule has 0 bridgehead atoms. The molecule has 2 aromatic rings. The number of hydrogen-bond donors (Lipinski definition) is 1. The van der Waals surface area contributed by atoms with Gasteiger partial charge in [0, 0.05) is 23.5 Å². The molecule has 0 unspecified atom stereocenters. The van der Waals surface area contributed by atoms with Gasteiger partial charge in [0.25, 0.3) is 5.91 Å². The summed E-state index contributed by atoms with van der Waals surface area (Å²) in [6.07, 6.45) is 1.52. The lowest BCUT2D eigenvalue weighted by atomic mass is 10.3. The molecule has 1 saturated heterocycles. The van der Waals surface area contributed by atoms with Gasteiger partial charge in [-0.05, 0) is 42.1 Å². The van der Waals surface area contributed by atoms with Gasteiger partial charge in [-0.3, -0.25) is 9.59 Å². The number of anilines is 1. The van der Waals surface area contributed by atoms with Crippen molar-refractivity contribution in [3.8, 4) is 5.75 Å². The molecule has 2 heterocycles. The number of nitrogens with one attached hydrogen (secondary N) is 1. The van der Waals surface area contributed by atoms with Gasteiger partial charge in [0.15, 0.2) is 6.61 Å². The number of carbonyl (C=O) groups excluding carboxylic acids is 2. The van der Waals surface area contributed by atoms with Crippen LogP contribution >= 0.6 is 11.3 Å². The Labute approximate surface area is 138 Å². The summed E-state index contributed by atoms with van der Waals surface area (Å²) in [6, 6.07) is 11.2. The molecule has 5 nitrogen and oxygen atoms in total. The van der Waals surface area contributed by atoms with Crippen LogP contribution in [-0.2, 0) is 16.1 Å². The average Bonchev–Trinajstić information content (AvgIpc) is 3.23. The van der Waals surface area contributed by atoms with Crippen LogP contribution in [0.15, 0.2) is 41.8 Å². The fourth-order valence-electron chi connectivity index (χ4n) is 2.44. The highest BCUT2D eigenvalue weighted by molar-refractivity contribution is 7.09. The highest BCUT2D eigenvalue weighted by Crippen LogP contribution is 2.23. The second-order valence-corrected chi connectivity index (χ2v) is 6.32. The van der Waals surface area contributed by atoms with E-state index in [0.717, 1.165) is 23.5 Å². The Hall–Kier alpha value is -2.34. The highest BCUT2D eigenvalue weighted by Gasteiger charge is 2.21. The molecular weight excluding hydrogens is 312 g/mol. The lowest BCUT2D eigenvalue weighted by Crippen LogP contribution is -2.28. The molecule has 1 aliphatic rings. The van der Waals surface area contributed by atoms with E-state index in [1.54, 1.807) is 28.4 Å². The van der Waals surface area contributed by atoms with E-state index in [0.29, 0.717) is 18.7 Å². The topological polar surface area (TPSA) is 58.6 Å². The van der Waals surface area contributed by atoms with E-state index in [9.17, 15) is 9.59 Å². The summed E-state index contributed by atoms with van der Waals surface area (Å²) < 4.78 is 5.47. The van der Waals surface area contributed by atoms with Crippen molar-refractivity contribution >= 4 is 28.8 Å². The van der Waals surface area contributed by atoms with Crippen LogP contribution in [0.3, 0.4) is 0 Å². The van der Waals surface area contributed by atoms with Crippen molar-refractivity contribution < 1.29 is 14.3 Å². The molecule has 0 spiro atoms. The lowest BCUT2D eigenvalue weighted by molar-refractivity contribution is -0.123. The monoisotopic (exact) mass is 330 g/mol. The minimum Gasteiger partial charge on any atom is -0.484 e. The number of ether oxygens (including phenoxy) is 1. The Morgan fingerprint density at radius 3 is 2.74 bits per heavy atom. The Kier molecular flexibility index (Phi) is 4.92. The van der Waals surface area contributed by atoms with E-state index >= 15 is 0 Å². The maximum absolute atomic E-state index is 11.7. The first-order valence-corrected chi connectivity index (χ1v) is 8.42. The largest absolute Gasteiger partial charge is 0.484 e. The number of rotatable bonds is 6. The molecular formula is C17H18N2O3S. The van der Waals surface area contributed by atoms with Gasteiger partial charge in [0.05, 0.1) is 6.54 Å². The molecule has 2 amide bonds. The van der Waals surface area contributed by atoms with Crippen LogP contribution in [0.25, 0.3) is 0 Å². The first-order valence-electron chi connectivity index (χ1n) is 7.55. The molecule has 1 aromatic carbocycles. The average molecular weight is 330 g/mol. The number of nitrogens with zero attached hydrogens (tertiary/aromatic N) is 1. The Balaban J connectivity index is 1.46. The van der Waals surface area contributed by atoms with Gasteiger partial charge in [-0.1, -0.05) is 6.07 Å². The molecule has 23 heavy (non-hydrogen) atoms. The normalized spacial score (nSPS) is 14.1. The van der Waals surface area contributed by atoms with E-state index in [4.69, 9.17) is 4.74 Å². The van der Waals surface area contributed by atoms with Crippen molar-refractivity contribution in [3.05, 3.63) is 46.7 Å². The molecule has 0 saturated carbocycles. The summed E-state index contributed by atoms with van der Waals surface area (Å²) in [6.45, 7) is 1.27. The summed E-state index contributed by atoms with van der Waals surface area (Å²) >= 11 is 1.61. The van der Waals surface area contributed by atoms with Crippen LogP contribution in [0.4, 0.5) is 5.69 Å². The smallest absolute Gasteiger partial charge is 0.258 e. The second kappa shape index (κ2) is 7.28. The number of thiophene rings is 1. The molecule has 6 heteroatoms.